The molecule has 0 aromatic heterocycles. The van der Waals surface area contributed by atoms with E-state index in [2.05, 4.69) is 0 Å². The SMILES string of the molecule is COc1cccc([C@H]2[C@H](C(=O)O)C2(C)C)c1O. The van der Waals surface area contributed by atoms with Crippen LogP contribution < -0.4 is 4.74 Å². The lowest BCUT2D eigenvalue weighted by atomic mass is 10.0. The molecule has 0 spiro atoms. The summed E-state index contributed by atoms with van der Waals surface area (Å²) in [7, 11) is 1.48. The molecule has 0 amide bonds. The average Bonchev–Trinajstić information content (AvgIpc) is 2.82. The number of benzene rings is 1. The zero-order chi connectivity index (χ0) is 12.8. The monoisotopic (exact) mass is 236 g/mol. The van der Waals surface area contributed by atoms with Crippen molar-refractivity contribution < 1.29 is 19.7 Å². The van der Waals surface area contributed by atoms with Crippen molar-refractivity contribution in [1.82, 2.24) is 0 Å². The highest BCUT2D eigenvalue weighted by Gasteiger charge is 2.63. The third kappa shape index (κ3) is 1.64. The van der Waals surface area contributed by atoms with Crippen molar-refractivity contribution >= 4 is 5.97 Å². The van der Waals surface area contributed by atoms with Gasteiger partial charge in [0.1, 0.15) is 0 Å². The Bertz CT molecular complexity index is 464. The molecule has 0 heterocycles. The van der Waals surface area contributed by atoms with Crippen LogP contribution >= 0.6 is 0 Å². The highest BCUT2D eigenvalue weighted by Crippen LogP contribution is 2.66. The van der Waals surface area contributed by atoms with Gasteiger partial charge in [-0.2, -0.15) is 0 Å². The molecule has 4 nitrogen and oxygen atoms in total. The normalized spacial score (nSPS) is 25.4. The topological polar surface area (TPSA) is 66.8 Å². The van der Waals surface area contributed by atoms with Gasteiger partial charge in [0.05, 0.1) is 13.0 Å². The summed E-state index contributed by atoms with van der Waals surface area (Å²) in [6, 6.07) is 5.18. The minimum absolute atomic E-state index is 0.0526. The quantitative estimate of drug-likeness (QED) is 0.844. The van der Waals surface area contributed by atoms with E-state index in [9.17, 15) is 9.90 Å². The number of aromatic hydroxyl groups is 1. The lowest BCUT2D eigenvalue weighted by Gasteiger charge is -2.09. The highest BCUT2D eigenvalue weighted by atomic mass is 16.5. The molecule has 17 heavy (non-hydrogen) atoms. The Hall–Kier alpha value is -1.71. The molecule has 1 aliphatic rings. The number of methoxy groups -OCH3 is 1. The first kappa shape index (κ1) is 11.8. The van der Waals surface area contributed by atoms with E-state index in [0.29, 0.717) is 11.3 Å². The zero-order valence-corrected chi connectivity index (χ0v) is 10.1. The van der Waals surface area contributed by atoms with Gasteiger partial charge in [-0.25, -0.2) is 0 Å². The molecule has 2 rings (SSSR count). The molecule has 2 N–H and O–H groups in total. The van der Waals surface area contributed by atoms with E-state index < -0.39 is 11.9 Å². The summed E-state index contributed by atoms with van der Waals surface area (Å²) in [5, 5.41) is 19.1. The number of aliphatic carboxylic acids is 1. The second-order valence-electron chi connectivity index (χ2n) is 5.01. The van der Waals surface area contributed by atoms with E-state index in [1.54, 1.807) is 18.2 Å². The van der Waals surface area contributed by atoms with E-state index in [1.165, 1.54) is 7.11 Å². The number of carboxylic acids is 1. The maximum absolute atomic E-state index is 11.1. The maximum Gasteiger partial charge on any atom is 0.307 e. The summed E-state index contributed by atoms with van der Waals surface area (Å²) in [5.41, 5.74) is 0.331. The zero-order valence-electron chi connectivity index (χ0n) is 10.1. The molecule has 4 heteroatoms. The molecule has 2 atom stereocenters. The minimum Gasteiger partial charge on any atom is -0.504 e. The smallest absolute Gasteiger partial charge is 0.307 e. The van der Waals surface area contributed by atoms with Crippen molar-refractivity contribution in [2.24, 2.45) is 11.3 Å². The Labute approximate surface area is 99.8 Å². The number of rotatable bonds is 3. The molecule has 0 radical (unpaired) electrons. The van der Waals surface area contributed by atoms with Gasteiger partial charge in [-0.1, -0.05) is 26.0 Å². The highest BCUT2D eigenvalue weighted by molar-refractivity contribution is 5.78. The van der Waals surface area contributed by atoms with Gasteiger partial charge in [-0.15, -0.1) is 0 Å². The fourth-order valence-corrected chi connectivity index (χ4v) is 2.63. The number of carboxylic acid groups (broad SMARTS) is 1. The van der Waals surface area contributed by atoms with Crippen LogP contribution in [0.15, 0.2) is 18.2 Å². The van der Waals surface area contributed by atoms with Crippen LogP contribution in [0.5, 0.6) is 11.5 Å². The van der Waals surface area contributed by atoms with Crippen LogP contribution in [-0.4, -0.2) is 23.3 Å². The summed E-state index contributed by atoms with van der Waals surface area (Å²) in [6.45, 7) is 3.80. The van der Waals surface area contributed by atoms with Gasteiger partial charge in [0, 0.05) is 11.5 Å². The molecule has 92 valence electrons. The molecule has 1 fully saturated rings. The fraction of sp³-hybridized carbons (Fsp3) is 0.462. The number of hydrogen-bond acceptors (Lipinski definition) is 3. The minimum atomic E-state index is -0.817. The van der Waals surface area contributed by atoms with Gasteiger partial charge in [-0.05, 0) is 11.5 Å². The molecule has 1 saturated carbocycles. The van der Waals surface area contributed by atoms with E-state index in [0.717, 1.165) is 0 Å². The molecule has 0 unspecified atom stereocenters. The summed E-state index contributed by atoms with van der Waals surface area (Å²) < 4.78 is 5.03. The van der Waals surface area contributed by atoms with Crippen molar-refractivity contribution in [1.29, 1.82) is 0 Å². The average molecular weight is 236 g/mol. The Balaban J connectivity index is 2.40. The molecule has 1 aromatic carbocycles. The molecule has 1 aliphatic carbocycles. The molecular weight excluding hydrogens is 220 g/mol. The van der Waals surface area contributed by atoms with Crippen molar-refractivity contribution in [3.8, 4) is 11.5 Å². The second-order valence-corrected chi connectivity index (χ2v) is 5.01. The Kier molecular flexibility index (Phi) is 2.53. The maximum atomic E-state index is 11.1. The molecule has 0 bridgehead atoms. The van der Waals surface area contributed by atoms with Crippen LogP contribution in [0.3, 0.4) is 0 Å². The third-order valence-electron chi connectivity index (χ3n) is 3.68. The first-order valence-corrected chi connectivity index (χ1v) is 5.50. The van der Waals surface area contributed by atoms with E-state index in [1.807, 2.05) is 13.8 Å². The number of hydrogen-bond donors (Lipinski definition) is 2. The van der Waals surface area contributed by atoms with Crippen LogP contribution in [0, 0.1) is 11.3 Å². The third-order valence-corrected chi connectivity index (χ3v) is 3.68. The van der Waals surface area contributed by atoms with Crippen LogP contribution in [0.25, 0.3) is 0 Å². The van der Waals surface area contributed by atoms with Crippen molar-refractivity contribution in [3.05, 3.63) is 23.8 Å². The Morgan fingerprint density at radius 1 is 1.41 bits per heavy atom. The van der Waals surface area contributed by atoms with Crippen LogP contribution in [-0.2, 0) is 4.79 Å². The van der Waals surface area contributed by atoms with E-state index >= 15 is 0 Å². The fourth-order valence-electron chi connectivity index (χ4n) is 2.63. The number of para-hydroxylation sites is 1. The number of carbonyl (C=O) groups is 1. The van der Waals surface area contributed by atoms with Crippen molar-refractivity contribution in [2.75, 3.05) is 7.11 Å². The molecule has 1 aromatic rings. The van der Waals surface area contributed by atoms with Crippen LogP contribution in [0.4, 0.5) is 0 Å². The Morgan fingerprint density at radius 3 is 2.53 bits per heavy atom. The largest absolute Gasteiger partial charge is 0.504 e. The number of phenolic OH excluding ortho intramolecular Hbond substituents is 1. The van der Waals surface area contributed by atoms with Gasteiger partial charge in [0.2, 0.25) is 0 Å². The molecule has 0 aliphatic heterocycles. The van der Waals surface area contributed by atoms with Gasteiger partial charge < -0.3 is 14.9 Å². The lowest BCUT2D eigenvalue weighted by molar-refractivity contribution is -0.139. The van der Waals surface area contributed by atoms with Gasteiger partial charge >= 0.3 is 5.97 Å². The second kappa shape index (κ2) is 3.65. The molecular formula is C13H16O4. The van der Waals surface area contributed by atoms with Crippen LogP contribution in [0.1, 0.15) is 25.3 Å². The van der Waals surface area contributed by atoms with Gasteiger partial charge in [0.25, 0.3) is 0 Å². The number of ether oxygens (including phenoxy) is 1. The summed E-state index contributed by atoms with van der Waals surface area (Å²) in [4.78, 5) is 11.1. The first-order valence-electron chi connectivity index (χ1n) is 5.50. The Morgan fingerprint density at radius 2 is 2.06 bits per heavy atom. The lowest BCUT2D eigenvalue weighted by Crippen LogP contribution is -2.03. The van der Waals surface area contributed by atoms with Gasteiger partial charge in [-0.3, -0.25) is 4.79 Å². The predicted octanol–water partition coefficient (Wildman–Crippen LogP) is 2.23. The predicted molar refractivity (Wildman–Crippen MR) is 62.3 cm³/mol. The van der Waals surface area contributed by atoms with Gasteiger partial charge in [0.15, 0.2) is 11.5 Å². The van der Waals surface area contributed by atoms with Crippen molar-refractivity contribution in [2.45, 2.75) is 19.8 Å². The standard InChI is InChI=1S/C13H16O4/c1-13(2)9(10(13)12(15)16)7-5-4-6-8(17-3)11(7)14/h4-6,9-10,14H,1-3H3,(H,15,16)/t9-,10+/m0/s1. The summed E-state index contributed by atoms with van der Waals surface area (Å²) in [5.74, 6) is -0.982. The summed E-state index contributed by atoms with van der Waals surface area (Å²) >= 11 is 0. The number of phenols is 1. The first-order chi connectivity index (χ1) is 7.91. The van der Waals surface area contributed by atoms with E-state index in [-0.39, 0.29) is 17.1 Å². The van der Waals surface area contributed by atoms with Crippen molar-refractivity contribution in [3.63, 3.8) is 0 Å². The van der Waals surface area contributed by atoms with Crippen LogP contribution in [0.2, 0.25) is 0 Å². The van der Waals surface area contributed by atoms with E-state index in [4.69, 9.17) is 9.84 Å². The molecule has 0 saturated heterocycles. The summed E-state index contributed by atoms with van der Waals surface area (Å²) in [6.07, 6.45) is 0.